The van der Waals surface area contributed by atoms with E-state index < -0.39 is 47.4 Å². The first kappa shape index (κ1) is 18.2. The zero-order chi connectivity index (χ0) is 17.7. The maximum Gasteiger partial charge on any atom is 0.330 e. The quantitative estimate of drug-likeness (QED) is 0.804. The fourth-order valence-electron chi connectivity index (χ4n) is 1.86. The van der Waals surface area contributed by atoms with Gasteiger partial charge in [-0.3, -0.25) is 18.6 Å². The Labute approximate surface area is 138 Å². The summed E-state index contributed by atoms with van der Waals surface area (Å²) in [6.07, 6.45) is -0.359. The van der Waals surface area contributed by atoms with Gasteiger partial charge in [-0.15, -0.1) is 0 Å². The van der Waals surface area contributed by atoms with E-state index in [1.54, 1.807) is 29.2 Å². The van der Waals surface area contributed by atoms with Crippen LogP contribution in [0.4, 0.5) is 8.78 Å². The molecule has 0 aliphatic rings. The highest BCUT2D eigenvalue weighted by molar-refractivity contribution is 7.85. The molecule has 9 heteroatoms. The number of nitrogens with zero attached hydrogens (tertiary/aromatic N) is 1. The van der Waals surface area contributed by atoms with Crippen LogP contribution in [0.5, 0.6) is 0 Å². The van der Waals surface area contributed by atoms with Crippen molar-refractivity contribution in [2.24, 2.45) is 0 Å². The maximum absolute atomic E-state index is 13.1. The van der Waals surface area contributed by atoms with E-state index in [9.17, 15) is 22.6 Å². The molecule has 0 saturated carbocycles. The van der Waals surface area contributed by atoms with Crippen molar-refractivity contribution in [3.63, 3.8) is 0 Å². The van der Waals surface area contributed by atoms with Gasteiger partial charge in [-0.2, -0.15) is 4.39 Å². The number of ether oxygens (including phenoxy) is 1. The topological polar surface area (TPSA) is 81.2 Å². The third-order valence-corrected chi connectivity index (χ3v) is 4.68. The Balaban J connectivity index is 2.01. The number of hydrogen-bond donors (Lipinski definition) is 1. The zero-order valence-corrected chi connectivity index (χ0v) is 13.6. The third-order valence-electron chi connectivity index (χ3n) is 3.21. The molecular weight excluding hydrogens is 342 g/mol. The molecule has 0 fully saturated rings. The lowest BCUT2D eigenvalue weighted by Crippen LogP contribution is -2.34. The number of benzene rings is 1. The highest BCUT2D eigenvalue weighted by Crippen LogP contribution is 2.11. The van der Waals surface area contributed by atoms with Gasteiger partial charge in [0.1, 0.15) is 13.4 Å². The van der Waals surface area contributed by atoms with Gasteiger partial charge in [0.15, 0.2) is 0 Å². The second-order valence-electron chi connectivity index (χ2n) is 5.10. The standard InChI is InChI=1S/C15H16F2N2O4S/c1-10-2-4-12(5-3-10)24(22)8-11(6-16)23-9-19-7-13(17)14(20)18-15(19)21/h2-5,7,11H,6,8-9H2,1H3,(H,18,20,21)/t11-,24?/m0/s1. The molecule has 0 aliphatic carbocycles. The molecule has 0 bridgehead atoms. The second kappa shape index (κ2) is 8.11. The average molecular weight is 358 g/mol. The lowest BCUT2D eigenvalue weighted by atomic mass is 10.2. The van der Waals surface area contributed by atoms with Crippen LogP contribution in [-0.2, 0) is 22.3 Å². The van der Waals surface area contributed by atoms with Crippen LogP contribution < -0.4 is 11.2 Å². The van der Waals surface area contributed by atoms with E-state index in [0.29, 0.717) is 11.1 Å². The first-order valence-electron chi connectivity index (χ1n) is 7.02. The number of hydrogen-bond acceptors (Lipinski definition) is 4. The number of aromatic amines is 1. The van der Waals surface area contributed by atoms with E-state index in [1.807, 2.05) is 6.92 Å². The van der Waals surface area contributed by atoms with Crippen molar-refractivity contribution in [1.29, 1.82) is 0 Å². The number of H-pyrrole nitrogens is 1. The Morgan fingerprint density at radius 2 is 1.96 bits per heavy atom. The normalized spacial score (nSPS) is 13.6. The summed E-state index contributed by atoms with van der Waals surface area (Å²) >= 11 is 0. The SMILES string of the molecule is Cc1ccc(S(=O)C[C@H](CF)OCn2cc(F)c(=O)[nH]c2=O)cc1. The molecular formula is C15H16F2N2O4S. The molecule has 130 valence electrons. The van der Waals surface area contributed by atoms with Gasteiger partial charge in [-0.05, 0) is 19.1 Å². The number of aryl methyl sites for hydroxylation is 1. The van der Waals surface area contributed by atoms with Crippen LogP contribution in [0, 0.1) is 12.7 Å². The monoisotopic (exact) mass is 358 g/mol. The van der Waals surface area contributed by atoms with Gasteiger partial charge >= 0.3 is 5.69 Å². The van der Waals surface area contributed by atoms with E-state index >= 15 is 0 Å². The average Bonchev–Trinajstić information content (AvgIpc) is 2.56. The Kier molecular flexibility index (Phi) is 6.16. The molecule has 0 aliphatic heterocycles. The van der Waals surface area contributed by atoms with E-state index in [0.717, 1.165) is 10.1 Å². The van der Waals surface area contributed by atoms with Crippen LogP contribution in [0.1, 0.15) is 5.56 Å². The lowest BCUT2D eigenvalue weighted by molar-refractivity contribution is 0.00438. The predicted molar refractivity (Wildman–Crippen MR) is 84.6 cm³/mol. The predicted octanol–water partition coefficient (Wildman–Crippen LogP) is 1.10. The van der Waals surface area contributed by atoms with Gasteiger partial charge in [0.25, 0.3) is 5.56 Å². The number of aromatic nitrogens is 2. The summed E-state index contributed by atoms with van der Waals surface area (Å²) in [5.41, 5.74) is -1.01. The van der Waals surface area contributed by atoms with Crippen LogP contribution in [0.25, 0.3) is 0 Å². The first-order chi connectivity index (χ1) is 11.4. The van der Waals surface area contributed by atoms with Crippen LogP contribution in [0.2, 0.25) is 0 Å². The summed E-state index contributed by atoms with van der Waals surface area (Å²) in [4.78, 5) is 24.7. The molecule has 1 unspecified atom stereocenters. The lowest BCUT2D eigenvalue weighted by Gasteiger charge is -2.15. The Morgan fingerprint density at radius 1 is 1.29 bits per heavy atom. The van der Waals surface area contributed by atoms with Crippen molar-refractivity contribution < 1.29 is 17.7 Å². The van der Waals surface area contributed by atoms with Crippen molar-refractivity contribution in [3.8, 4) is 0 Å². The summed E-state index contributed by atoms with van der Waals surface area (Å²) in [5.74, 6) is -1.27. The van der Waals surface area contributed by atoms with E-state index in [2.05, 4.69) is 0 Å². The Morgan fingerprint density at radius 3 is 2.58 bits per heavy atom. The first-order valence-corrected chi connectivity index (χ1v) is 8.34. The van der Waals surface area contributed by atoms with Crippen LogP contribution in [0.3, 0.4) is 0 Å². The van der Waals surface area contributed by atoms with E-state index in [4.69, 9.17) is 4.74 Å². The van der Waals surface area contributed by atoms with Gasteiger partial charge in [0.2, 0.25) is 5.82 Å². The van der Waals surface area contributed by atoms with Crippen molar-refractivity contribution >= 4 is 10.8 Å². The van der Waals surface area contributed by atoms with Gasteiger partial charge in [-0.25, -0.2) is 9.18 Å². The van der Waals surface area contributed by atoms with Gasteiger partial charge in [0, 0.05) is 4.90 Å². The van der Waals surface area contributed by atoms with E-state index in [-0.39, 0.29) is 5.75 Å². The molecule has 0 saturated heterocycles. The summed E-state index contributed by atoms with van der Waals surface area (Å²) in [7, 11) is -1.48. The van der Waals surface area contributed by atoms with Gasteiger partial charge in [0.05, 0.1) is 28.9 Å². The fraction of sp³-hybridized carbons (Fsp3) is 0.333. The molecule has 0 spiro atoms. The van der Waals surface area contributed by atoms with Gasteiger partial charge < -0.3 is 4.74 Å². The molecule has 1 heterocycles. The number of alkyl halides is 1. The van der Waals surface area contributed by atoms with Crippen LogP contribution in [-0.4, -0.2) is 32.3 Å². The molecule has 0 amide bonds. The molecule has 2 rings (SSSR count). The van der Waals surface area contributed by atoms with Crippen molar-refractivity contribution in [2.75, 3.05) is 12.4 Å². The van der Waals surface area contributed by atoms with E-state index in [1.165, 1.54) is 0 Å². The highest BCUT2D eigenvalue weighted by Gasteiger charge is 2.16. The van der Waals surface area contributed by atoms with Crippen molar-refractivity contribution in [3.05, 3.63) is 62.7 Å². The summed E-state index contributed by atoms with van der Waals surface area (Å²) in [6, 6.07) is 6.95. The smallest absolute Gasteiger partial charge is 0.330 e. The minimum Gasteiger partial charge on any atom is -0.354 e. The maximum atomic E-state index is 13.1. The van der Waals surface area contributed by atoms with Crippen molar-refractivity contribution in [1.82, 2.24) is 9.55 Å². The molecule has 1 N–H and O–H groups in total. The summed E-state index contributed by atoms with van der Waals surface area (Å²) in [5, 5.41) is 0. The minimum atomic E-state index is -1.48. The molecule has 6 nitrogen and oxygen atoms in total. The summed E-state index contributed by atoms with van der Waals surface area (Å²) < 4.78 is 44.3. The Bertz CT molecular complexity index is 833. The van der Waals surface area contributed by atoms with Crippen LogP contribution >= 0.6 is 0 Å². The fourth-order valence-corrected chi connectivity index (χ4v) is 3.01. The third kappa shape index (κ3) is 4.68. The number of rotatable bonds is 7. The zero-order valence-electron chi connectivity index (χ0n) is 12.8. The second-order valence-corrected chi connectivity index (χ2v) is 6.60. The number of nitrogens with one attached hydrogen (secondary N) is 1. The molecule has 0 radical (unpaired) electrons. The van der Waals surface area contributed by atoms with Crippen molar-refractivity contribution in [2.45, 2.75) is 24.7 Å². The molecule has 2 aromatic rings. The highest BCUT2D eigenvalue weighted by atomic mass is 32.2. The molecule has 24 heavy (non-hydrogen) atoms. The summed E-state index contributed by atoms with van der Waals surface area (Å²) in [6.45, 7) is 0.506. The molecule has 2 atom stereocenters. The molecule has 1 aromatic carbocycles. The van der Waals surface area contributed by atoms with Gasteiger partial charge in [-0.1, -0.05) is 17.7 Å². The largest absolute Gasteiger partial charge is 0.354 e. The Hall–Kier alpha value is -2.13. The number of halogens is 2. The van der Waals surface area contributed by atoms with Crippen LogP contribution in [0.15, 0.2) is 44.9 Å². The minimum absolute atomic E-state index is 0.111. The molecule has 1 aromatic heterocycles.